The zero-order valence-corrected chi connectivity index (χ0v) is 12.7. The maximum Gasteiger partial charge on any atom is 0.170 e. The van der Waals surface area contributed by atoms with E-state index < -0.39 is 0 Å². The van der Waals surface area contributed by atoms with Crippen LogP contribution in [-0.2, 0) is 6.54 Å². The minimum atomic E-state index is 0.0949. The third-order valence-corrected chi connectivity index (χ3v) is 3.95. The zero-order valence-electron chi connectivity index (χ0n) is 12.7. The predicted octanol–water partition coefficient (Wildman–Crippen LogP) is 2.46. The number of amidine groups is 1. The molecule has 4 N–H and O–H groups in total. The zero-order chi connectivity index (χ0) is 15.2. The molecule has 0 radical (unpaired) electrons. The highest BCUT2D eigenvalue weighted by Crippen LogP contribution is 2.22. The largest absolute Gasteiger partial charge is 0.496 e. The molecule has 0 saturated carbocycles. The molecule has 0 spiro atoms. The molecule has 0 aliphatic carbocycles. The highest BCUT2D eigenvalue weighted by Gasteiger charge is 2.19. The van der Waals surface area contributed by atoms with E-state index in [-0.39, 0.29) is 11.4 Å². The Bertz CT molecular complexity index is 468. The number of ether oxygens (including phenoxy) is 1. The van der Waals surface area contributed by atoms with Crippen LogP contribution in [0, 0.1) is 0 Å². The standard InChI is InChI=1S/C15H25N3O2/c1-5-15(3,6-2)17-10-12-9-11(14(16)18-19)7-8-13(12)20-4/h7-9,17,19H,5-6,10H2,1-4H3,(H2,16,18). The molecule has 0 unspecified atom stereocenters. The molecule has 20 heavy (non-hydrogen) atoms. The van der Waals surface area contributed by atoms with Crippen molar-refractivity contribution in [2.45, 2.75) is 45.7 Å². The van der Waals surface area contributed by atoms with Crippen LogP contribution in [0.5, 0.6) is 5.75 Å². The lowest BCUT2D eigenvalue weighted by atomic mass is 9.95. The molecule has 0 aliphatic rings. The number of rotatable bonds is 7. The molecule has 5 heteroatoms. The molecule has 0 fully saturated rings. The first-order chi connectivity index (χ1) is 9.49. The van der Waals surface area contributed by atoms with Crippen molar-refractivity contribution in [2.24, 2.45) is 10.9 Å². The van der Waals surface area contributed by atoms with Crippen molar-refractivity contribution < 1.29 is 9.94 Å². The predicted molar refractivity (Wildman–Crippen MR) is 81.3 cm³/mol. The van der Waals surface area contributed by atoms with Gasteiger partial charge in [0.25, 0.3) is 0 Å². The van der Waals surface area contributed by atoms with Gasteiger partial charge < -0.3 is 21.0 Å². The first-order valence-electron chi connectivity index (χ1n) is 6.89. The van der Waals surface area contributed by atoms with Gasteiger partial charge in [0.15, 0.2) is 5.84 Å². The number of benzene rings is 1. The molecule has 1 aromatic carbocycles. The van der Waals surface area contributed by atoms with Gasteiger partial charge in [-0.2, -0.15) is 0 Å². The average Bonchev–Trinajstić information content (AvgIpc) is 2.51. The Balaban J connectivity index is 2.97. The number of oxime groups is 1. The highest BCUT2D eigenvalue weighted by atomic mass is 16.5. The topological polar surface area (TPSA) is 79.9 Å². The summed E-state index contributed by atoms with van der Waals surface area (Å²) in [7, 11) is 1.64. The summed E-state index contributed by atoms with van der Waals surface area (Å²) in [6, 6.07) is 5.49. The lowest BCUT2D eigenvalue weighted by molar-refractivity contribution is 0.318. The van der Waals surface area contributed by atoms with Crippen molar-refractivity contribution in [1.82, 2.24) is 5.32 Å². The summed E-state index contributed by atoms with van der Waals surface area (Å²) < 4.78 is 5.36. The van der Waals surface area contributed by atoms with Crippen LogP contribution in [0.2, 0.25) is 0 Å². The Morgan fingerprint density at radius 2 is 2.05 bits per heavy atom. The Hall–Kier alpha value is -1.75. The fourth-order valence-electron chi connectivity index (χ4n) is 1.94. The van der Waals surface area contributed by atoms with Crippen molar-refractivity contribution in [3.63, 3.8) is 0 Å². The summed E-state index contributed by atoms with van der Waals surface area (Å²) in [5.74, 6) is 0.893. The SMILES string of the molecule is CCC(C)(CC)NCc1cc(/C(N)=N/O)ccc1OC. The number of nitrogens with zero attached hydrogens (tertiary/aromatic N) is 1. The lowest BCUT2D eigenvalue weighted by Gasteiger charge is -2.29. The number of hydrogen-bond donors (Lipinski definition) is 3. The Morgan fingerprint density at radius 1 is 1.40 bits per heavy atom. The van der Waals surface area contributed by atoms with E-state index in [2.05, 4.69) is 31.2 Å². The Kier molecular flexibility index (Phi) is 5.82. The van der Waals surface area contributed by atoms with Gasteiger partial charge in [0, 0.05) is 23.2 Å². The summed E-state index contributed by atoms with van der Waals surface area (Å²) in [6.07, 6.45) is 2.09. The molecular formula is C15H25N3O2. The second kappa shape index (κ2) is 7.14. The van der Waals surface area contributed by atoms with Gasteiger partial charge in [0.05, 0.1) is 7.11 Å². The first kappa shape index (κ1) is 16.3. The van der Waals surface area contributed by atoms with Gasteiger partial charge in [-0.25, -0.2) is 0 Å². The summed E-state index contributed by atoms with van der Waals surface area (Å²) in [6.45, 7) is 7.21. The van der Waals surface area contributed by atoms with E-state index in [1.54, 1.807) is 13.2 Å². The van der Waals surface area contributed by atoms with Crippen LogP contribution in [-0.4, -0.2) is 23.7 Å². The van der Waals surface area contributed by atoms with Gasteiger partial charge in [-0.15, -0.1) is 0 Å². The molecule has 1 aromatic rings. The minimum Gasteiger partial charge on any atom is -0.496 e. The summed E-state index contributed by atoms with van der Waals surface area (Å²) in [4.78, 5) is 0. The van der Waals surface area contributed by atoms with Gasteiger partial charge in [-0.05, 0) is 38.0 Å². The van der Waals surface area contributed by atoms with Crippen molar-refractivity contribution in [3.8, 4) is 5.75 Å². The fourth-order valence-corrected chi connectivity index (χ4v) is 1.94. The molecule has 5 nitrogen and oxygen atoms in total. The number of methoxy groups -OCH3 is 1. The van der Waals surface area contributed by atoms with Crippen LogP contribution in [0.1, 0.15) is 44.7 Å². The molecule has 0 saturated heterocycles. The molecule has 0 aromatic heterocycles. The second-order valence-electron chi connectivity index (χ2n) is 5.13. The van der Waals surface area contributed by atoms with Crippen LogP contribution in [0.15, 0.2) is 23.4 Å². The van der Waals surface area contributed by atoms with E-state index in [0.29, 0.717) is 12.1 Å². The summed E-state index contributed by atoms with van der Waals surface area (Å²) in [5.41, 5.74) is 7.39. The Labute approximate surface area is 120 Å². The molecule has 1 rings (SSSR count). The number of nitrogens with two attached hydrogens (primary N) is 1. The molecule has 0 aliphatic heterocycles. The maximum absolute atomic E-state index is 8.76. The van der Waals surface area contributed by atoms with E-state index in [4.69, 9.17) is 15.7 Å². The quantitative estimate of drug-likeness (QED) is 0.310. The van der Waals surface area contributed by atoms with Crippen LogP contribution in [0.25, 0.3) is 0 Å². The molecule has 0 bridgehead atoms. The number of nitrogens with one attached hydrogen (secondary N) is 1. The summed E-state index contributed by atoms with van der Waals surface area (Å²) >= 11 is 0. The van der Waals surface area contributed by atoms with E-state index in [1.807, 2.05) is 12.1 Å². The van der Waals surface area contributed by atoms with Gasteiger partial charge in [0.1, 0.15) is 5.75 Å². The third kappa shape index (κ3) is 3.87. The van der Waals surface area contributed by atoms with Crippen molar-refractivity contribution in [2.75, 3.05) is 7.11 Å². The molecule has 0 atom stereocenters. The summed E-state index contributed by atoms with van der Waals surface area (Å²) in [5, 5.41) is 15.3. The lowest BCUT2D eigenvalue weighted by Crippen LogP contribution is -2.40. The van der Waals surface area contributed by atoms with Gasteiger partial charge in [-0.1, -0.05) is 19.0 Å². The van der Waals surface area contributed by atoms with Crippen LogP contribution in [0.3, 0.4) is 0 Å². The number of hydrogen-bond acceptors (Lipinski definition) is 4. The van der Waals surface area contributed by atoms with E-state index in [1.165, 1.54) is 0 Å². The van der Waals surface area contributed by atoms with Crippen LogP contribution in [0.4, 0.5) is 0 Å². The van der Waals surface area contributed by atoms with E-state index in [0.717, 1.165) is 24.2 Å². The minimum absolute atomic E-state index is 0.0949. The molecule has 0 amide bonds. The highest BCUT2D eigenvalue weighted by molar-refractivity contribution is 5.97. The normalized spacial score (nSPS) is 12.5. The molecular weight excluding hydrogens is 254 g/mol. The smallest absolute Gasteiger partial charge is 0.170 e. The monoisotopic (exact) mass is 279 g/mol. The van der Waals surface area contributed by atoms with Gasteiger partial charge in [0.2, 0.25) is 0 Å². The first-order valence-corrected chi connectivity index (χ1v) is 6.89. The third-order valence-electron chi connectivity index (χ3n) is 3.95. The van der Waals surface area contributed by atoms with Crippen molar-refractivity contribution in [3.05, 3.63) is 29.3 Å². The molecule has 0 heterocycles. The second-order valence-corrected chi connectivity index (χ2v) is 5.13. The van der Waals surface area contributed by atoms with Crippen molar-refractivity contribution in [1.29, 1.82) is 0 Å². The fraction of sp³-hybridized carbons (Fsp3) is 0.533. The van der Waals surface area contributed by atoms with E-state index in [9.17, 15) is 0 Å². The van der Waals surface area contributed by atoms with Crippen molar-refractivity contribution >= 4 is 5.84 Å². The van der Waals surface area contributed by atoms with Gasteiger partial charge >= 0.3 is 0 Å². The van der Waals surface area contributed by atoms with Gasteiger partial charge in [-0.3, -0.25) is 0 Å². The van der Waals surface area contributed by atoms with Crippen LogP contribution < -0.4 is 15.8 Å². The Morgan fingerprint density at radius 3 is 2.55 bits per heavy atom. The molecule has 112 valence electrons. The average molecular weight is 279 g/mol. The maximum atomic E-state index is 8.76. The van der Waals surface area contributed by atoms with E-state index >= 15 is 0 Å². The van der Waals surface area contributed by atoms with Crippen LogP contribution >= 0.6 is 0 Å².